The van der Waals surface area contributed by atoms with Gasteiger partial charge in [0.15, 0.2) is 0 Å². The van der Waals surface area contributed by atoms with Gasteiger partial charge in [-0.25, -0.2) is 4.57 Å². The van der Waals surface area contributed by atoms with Gasteiger partial charge in [0, 0.05) is 0 Å². The first-order valence-electron chi connectivity index (χ1n) is 8.82. The maximum Gasteiger partial charge on any atom is 0.475 e. The molecule has 0 aromatic heterocycles. The summed E-state index contributed by atoms with van der Waals surface area (Å²) in [6.45, 7) is 10.6. The number of carbonyl (C=O) groups excluding carboxylic acids is 1. The Hall–Kier alpha value is -1.92. The number of hydrogen-bond donors (Lipinski definition) is 0. The van der Waals surface area contributed by atoms with Gasteiger partial charge in [-0.3, -0.25) is 18.4 Å². The molecule has 0 unspecified atom stereocenters. The van der Waals surface area contributed by atoms with Crippen LogP contribution >= 0.6 is 7.82 Å². The first-order valence-corrected chi connectivity index (χ1v) is 10.3. The standard InChI is InChI=1S/C20H29O7P/c1-6-13-25-28(22,26-14-7-2)27-15-12-20(3,4)19(21)24-16-17-8-10-18(23-5)11-9-17/h6-11H,1-2,12-16H2,3-5H3. The summed E-state index contributed by atoms with van der Waals surface area (Å²) in [5.74, 6) is 0.343. The average Bonchev–Trinajstić information content (AvgIpc) is 2.69. The van der Waals surface area contributed by atoms with Gasteiger partial charge in [-0.1, -0.05) is 24.3 Å². The number of ether oxygens (including phenoxy) is 2. The van der Waals surface area contributed by atoms with E-state index in [0.717, 1.165) is 11.3 Å². The first kappa shape index (κ1) is 24.1. The van der Waals surface area contributed by atoms with Crippen LogP contribution in [0.25, 0.3) is 0 Å². The molecule has 156 valence electrons. The lowest BCUT2D eigenvalue weighted by molar-refractivity contribution is -0.156. The maximum absolute atomic E-state index is 12.5. The second-order valence-corrected chi connectivity index (χ2v) is 8.18. The van der Waals surface area contributed by atoms with E-state index in [1.54, 1.807) is 33.1 Å². The zero-order chi connectivity index (χ0) is 21.0. The van der Waals surface area contributed by atoms with Gasteiger partial charge in [-0.15, -0.1) is 13.2 Å². The van der Waals surface area contributed by atoms with Crippen LogP contribution in [-0.2, 0) is 34.3 Å². The van der Waals surface area contributed by atoms with Gasteiger partial charge >= 0.3 is 13.8 Å². The molecule has 28 heavy (non-hydrogen) atoms. The quantitative estimate of drug-likeness (QED) is 0.249. The smallest absolute Gasteiger partial charge is 0.475 e. The number of phosphoric acid groups is 1. The third kappa shape index (κ3) is 8.40. The number of esters is 1. The molecule has 0 aliphatic heterocycles. The Bertz CT molecular complexity index is 666. The number of benzene rings is 1. The molecule has 0 fully saturated rings. The fourth-order valence-electron chi connectivity index (χ4n) is 1.98. The average molecular weight is 412 g/mol. The summed E-state index contributed by atoms with van der Waals surface area (Å²) in [5.41, 5.74) is 0.00936. The van der Waals surface area contributed by atoms with Crippen LogP contribution in [0.3, 0.4) is 0 Å². The molecule has 0 saturated carbocycles. The molecule has 0 atom stereocenters. The Balaban J connectivity index is 2.52. The SMILES string of the molecule is C=CCOP(=O)(OCC=C)OCCC(C)(C)C(=O)OCc1ccc(OC)cc1. The second kappa shape index (κ2) is 11.8. The van der Waals surface area contributed by atoms with E-state index < -0.39 is 13.2 Å². The lowest BCUT2D eigenvalue weighted by Gasteiger charge is -2.24. The largest absolute Gasteiger partial charge is 0.497 e. The molecule has 1 aromatic carbocycles. The fourth-order valence-corrected chi connectivity index (χ4v) is 3.09. The minimum absolute atomic E-state index is 0.00377. The van der Waals surface area contributed by atoms with Crippen LogP contribution < -0.4 is 4.74 Å². The van der Waals surface area contributed by atoms with Crippen molar-refractivity contribution in [3.8, 4) is 5.75 Å². The van der Waals surface area contributed by atoms with E-state index in [9.17, 15) is 9.36 Å². The van der Waals surface area contributed by atoms with E-state index in [1.165, 1.54) is 12.2 Å². The van der Waals surface area contributed by atoms with Crippen molar-refractivity contribution in [2.24, 2.45) is 5.41 Å². The Kier molecular flexibility index (Phi) is 10.2. The lowest BCUT2D eigenvalue weighted by atomic mass is 9.90. The monoisotopic (exact) mass is 412 g/mol. The fraction of sp³-hybridized carbons (Fsp3) is 0.450. The molecule has 0 aliphatic carbocycles. The number of carbonyl (C=O) groups is 1. The molecule has 1 aromatic rings. The van der Waals surface area contributed by atoms with E-state index in [-0.39, 0.29) is 38.8 Å². The first-order chi connectivity index (χ1) is 13.3. The number of hydrogen-bond acceptors (Lipinski definition) is 7. The molecule has 0 radical (unpaired) electrons. The summed E-state index contributed by atoms with van der Waals surface area (Å²) in [7, 11) is -2.16. The van der Waals surface area contributed by atoms with E-state index in [1.807, 2.05) is 12.1 Å². The Morgan fingerprint density at radius 3 is 2.14 bits per heavy atom. The third-order valence-corrected chi connectivity index (χ3v) is 5.19. The molecule has 1 rings (SSSR count). The highest BCUT2D eigenvalue weighted by atomic mass is 31.2. The van der Waals surface area contributed by atoms with Crippen molar-refractivity contribution >= 4 is 13.8 Å². The molecule has 0 heterocycles. The van der Waals surface area contributed by atoms with Crippen molar-refractivity contribution in [2.75, 3.05) is 26.9 Å². The minimum atomic E-state index is -3.75. The van der Waals surface area contributed by atoms with Gasteiger partial charge in [0.2, 0.25) is 0 Å². The highest BCUT2D eigenvalue weighted by Gasteiger charge is 2.32. The van der Waals surface area contributed by atoms with Crippen molar-refractivity contribution < 1.29 is 32.4 Å². The van der Waals surface area contributed by atoms with Gasteiger partial charge in [-0.2, -0.15) is 0 Å². The van der Waals surface area contributed by atoms with Crippen molar-refractivity contribution in [2.45, 2.75) is 26.9 Å². The summed E-state index contributed by atoms with van der Waals surface area (Å²) in [6.07, 6.45) is 3.15. The van der Waals surface area contributed by atoms with Crippen LogP contribution in [0, 0.1) is 5.41 Å². The molecule has 7 nitrogen and oxygen atoms in total. The minimum Gasteiger partial charge on any atom is -0.497 e. The Morgan fingerprint density at radius 2 is 1.64 bits per heavy atom. The summed E-state index contributed by atoms with van der Waals surface area (Å²) >= 11 is 0. The molecule has 0 saturated heterocycles. The van der Waals surface area contributed by atoms with Crippen molar-refractivity contribution in [1.82, 2.24) is 0 Å². The number of phosphoric ester groups is 1. The number of rotatable bonds is 14. The second-order valence-electron chi connectivity index (χ2n) is 6.51. The molecular weight excluding hydrogens is 383 g/mol. The van der Waals surface area contributed by atoms with Gasteiger partial charge in [0.25, 0.3) is 0 Å². The van der Waals surface area contributed by atoms with E-state index in [4.69, 9.17) is 23.0 Å². The highest BCUT2D eigenvalue weighted by Crippen LogP contribution is 2.49. The van der Waals surface area contributed by atoms with E-state index in [2.05, 4.69) is 13.2 Å². The Morgan fingerprint density at radius 1 is 1.07 bits per heavy atom. The molecule has 0 spiro atoms. The number of methoxy groups -OCH3 is 1. The zero-order valence-electron chi connectivity index (χ0n) is 16.7. The predicted octanol–water partition coefficient (Wildman–Crippen LogP) is 4.68. The van der Waals surface area contributed by atoms with E-state index in [0.29, 0.717) is 0 Å². The molecule has 0 aliphatic rings. The van der Waals surface area contributed by atoms with Crippen molar-refractivity contribution in [1.29, 1.82) is 0 Å². The highest BCUT2D eigenvalue weighted by molar-refractivity contribution is 7.48. The van der Waals surface area contributed by atoms with Crippen LogP contribution in [0.15, 0.2) is 49.6 Å². The van der Waals surface area contributed by atoms with Crippen LogP contribution in [0.5, 0.6) is 5.75 Å². The van der Waals surface area contributed by atoms with Crippen LogP contribution in [0.2, 0.25) is 0 Å². The summed E-state index contributed by atoms with van der Waals surface area (Å²) in [5, 5.41) is 0. The lowest BCUT2D eigenvalue weighted by Crippen LogP contribution is -2.28. The normalized spacial score (nSPS) is 11.7. The molecule has 0 amide bonds. The molecular formula is C20H29O7P. The van der Waals surface area contributed by atoms with Gasteiger partial charge in [0.1, 0.15) is 12.4 Å². The Labute approximate surface area is 166 Å². The third-order valence-electron chi connectivity index (χ3n) is 3.76. The van der Waals surface area contributed by atoms with Crippen molar-refractivity contribution in [3.05, 3.63) is 55.1 Å². The van der Waals surface area contributed by atoms with E-state index >= 15 is 0 Å². The predicted molar refractivity (Wildman–Crippen MR) is 107 cm³/mol. The van der Waals surface area contributed by atoms with Gasteiger partial charge in [0.05, 0.1) is 32.3 Å². The topological polar surface area (TPSA) is 80.3 Å². The molecule has 8 heteroatoms. The summed E-state index contributed by atoms with van der Waals surface area (Å²) in [4.78, 5) is 12.4. The zero-order valence-corrected chi connectivity index (χ0v) is 17.6. The van der Waals surface area contributed by atoms with Crippen molar-refractivity contribution in [3.63, 3.8) is 0 Å². The van der Waals surface area contributed by atoms with Crippen LogP contribution in [0.4, 0.5) is 0 Å². The summed E-state index contributed by atoms with van der Waals surface area (Å²) < 4.78 is 38.4. The van der Waals surface area contributed by atoms with Gasteiger partial charge < -0.3 is 9.47 Å². The molecule has 0 N–H and O–H groups in total. The summed E-state index contributed by atoms with van der Waals surface area (Å²) in [6, 6.07) is 7.25. The van der Waals surface area contributed by atoms with Crippen LogP contribution in [-0.4, -0.2) is 32.9 Å². The van der Waals surface area contributed by atoms with Crippen LogP contribution in [0.1, 0.15) is 25.8 Å². The molecule has 0 bridgehead atoms. The van der Waals surface area contributed by atoms with Gasteiger partial charge in [-0.05, 0) is 38.0 Å². The maximum atomic E-state index is 12.5.